The summed E-state index contributed by atoms with van der Waals surface area (Å²) in [5.74, 6) is 0.0628. The fourth-order valence-electron chi connectivity index (χ4n) is 3.93. The molecule has 1 aromatic carbocycles. The number of amides is 1. The van der Waals surface area contributed by atoms with Crippen LogP contribution in [0.25, 0.3) is 0 Å². The Balaban J connectivity index is 1.33. The smallest absolute Gasteiger partial charge is 0.249 e. The molecule has 0 radical (unpaired) electrons. The van der Waals surface area contributed by atoms with E-state index in [1.165, 1.54) is 5.56 Å². The van der Waals surface area contributed by atoms with Crippen LogP contribution in [0.3, 0.4) is 0 Å². The van der Waals surface area contributed by atoms with Crippen LogP contribution in [0.5, 0.6) is 0 Å². The first kappa shape index (κ1) is 15.1. The van der Waals surface area contributed by atoms with Crippen molar-refractivity contribution in [2.75, 3.05) is 26.3 Å². The minimum Gasteiger partial charge on any atom is -0.371 e. The second-order valence-corrected chi connectivity index (χ2v) is 6.78. The van der Waals surface area contributed by atoms with Crippen molar-refractivity contribution in [3.8, 4) is 0 Å². The van der Waals surface area contributed by atoms with E-state index in [0.717, 1.165) is 39.0 Å². The van der Waals surface area contributed by atoms with Gasteiger partial charge in [-0.2, -0.15) is 0 Å². The Morgan fingerprint density at radius 3 is 2.83 bits per heavy atom. The van der Waals surface area contributed by atoms with Gasteiger partial charge in [-0.3, -0.25) is 9.69 Å². The summed E-state index contributed by atoms with van der Waals surface area (Å²) in [7, 11) is 0. The van der Waals surface area contributed by atoms with Gasteiger partial charge in [-0.1, -0.05) is 30.3 Å². The summed E-state index contributed by atoms with van der Waals surface area (Å²) >= 11 is 0. The number of carbonyl (C=O) groups excluding carboxylic acids is 1. The highest BCUT2D eigenvalue weighted by Crippen LogP contribution is 2.30. The largest absolute Gasteiger partial charge is 0.371 e. The number of rotatable bonds is 3. The molecule has 1 amide bonds. The summed E-state index contributed by atoms with van der Waals surface area (Å²) in [5.41, 5.74) is 1.23. The van der Waals surface area contributed by atoms with Gasteiger partial charge in [0, 0.05) is 31.8 Å². The monoisotopic (exact) mass is 316 g/mol. The summed E-state index contributed by atoms with van der Waals surface area (Å²) in [6, 6.07) is 11.0. The number of carbonyl (C=O) groups is 1. The van der Waals surface area contributed by atoms with Crippen molar-refractivity contribution in [1.82, 2.24) is 10.2 Å². The summed E-state index contributed by atoms with van der Waals surface area (Å²) in [6.07, 6.45) is 2.72. The van der Waals surface area contributed by atoms with Crippen LogP contribution in [0.1, 0.15) is 30.9 Å². The molecule has 0 bridgehead atoms. The third-order valence-corrected chi connectivity index (χ3v) is 5.16. The van der Waals surface area contributed by atoms with Crippen molar-refractivity contribution >= 4 is 5.91 Å². The topological polar surface area (TPSA) is 50.8 Å². The van der Waals surface area contributed by atoms with Gasteiger partial charge in [0.05, 0.1) is 12.7 Å². The number of benzene rings is 1. The van der Waals surface area contributed by atoms with Gasteiger partial charge in [0.2, 0.25) is 5.91 Å². The fourth-order valence-corrected chi connectivity index (χ4v) is 3.93. The molecule has 0 aromatic heterocycles. The Hall–Kier alpha value is -1.43. The van der Waals surface area contributed by atoms with E-state index in [9.17, 15) is 4.79 Å². The van der Waals surface area contributed by atoms with Crippen LogP contribution in [-0.4, -0.2) is 55.3 Å². The van der Waals surface area contributed by atoms with E-state index in [-0.39, 0.29) is 24.2 Å². The maximum absolute atomic E-state index is 12.2. The average molecular weight is 316 g/mol. The summed E-state index contributed by atoms with van der Waals surface area (Å²) in [4.78, 5) is 14.7. The second-order valence-electron chi connectivity index (χ2n) is 6.78. The Kier molecular flexibility index (Phi) is 4.33. The fraction of sp³-hybridized carbons (Fsp3) is 0.611. The van der Waals surface area contributed by atoms with Crippen LogP contribution >= 0.6 is 0 Å². The van der Waals surface area contributed by atoms with E-state index in [1.54, 1.807) is 0 Å². The molecule has 1 N–H and O–H groups in total. The summed E-state index contributed by atoms with van der Waals surface area (Å²) < 4.78 is 11.5. The van der Waals surface area contributed by atoms with Gasteiger partial charge in [-0.15, -0.1) is 0 Å². The molecule has 3 aliphatic rings. The minimum atomic E-state index is -0.235. The van der Waals surface area contributed by atoms with Crippen LogP contribution in [0, 0.1) is 0 Å². The Labute approximate surface area is 136 Å². The Bertz CT molecular complexity index is 544. The number of ether oxygens (including phenoxy) is 2. The average Bonchev–Trinajstić information content (AvgIpc) is 3.24. The van der Waals surface area contributed by atoms with Crippen LogP contribution in [0.4, 0.5) is 0 Å². The Morgan fingerprint density at radius 1 is 1.17 bits per heavy atom. The lowest BCUT2D eigenvalue weighted by Crippen LogP contribution is -2.44. The van der Waals surface area contributed by atoms with E-state index >= 15 is 0 Å². The first-order valence-electron chi connectivity index (χ1n) is 8.62. The molecule has 0 saturated carbocycles. The van der Waals surface area contributed by atoms with E-state index in [4.69, 9.17) is 9.47 Å². The molecule has 4 atom stereocenters. The zero-order valence-corrected chi connectivity index (χ0v) is 13.3. The standard InChI is InChI=1S/C18H24N2O3/c21-18(16-7-4-8-22-16)19-14-9-15-12-23-17(11-20(15)10-14)13-5-2-1-3-6-13/h1-3,5-6,14-17H,4,7-12H2,(H,19,21)/t14-,15-,16+,17+/m0/s1. The van der Waals surface area contributed by atoms with Crippen molar-refractivity contribution < 1.29 is 14.3 Å². The lowest BCUT2D eigenvalue weighted by atomic mass is 10.1. The molecule has 23 heavy (non-hydrogen) atoms. The van der Waals surface area contributed by atoms with Gasteiger partial charge in [-0.05, 0) is 24.8 Å². The van der Waals surface area contributed by atoms with Gasteiger partial charge < -0.3 is 14.8 Å². The molecule has 3 saturated heterocycles. The lowest BCUT2D eigenvalue weighted by Gasteiger charge is -2.35. The molecule has 3 heterocycles. The molecule has 5 heteroatoms. The molecule has 5 nitrogen and oxygen atoms in total. The van der Waals surface area contributed by atoms with Gasteiger partial charge >= 0.3 is 0 Å². The van der Waals surface area contributed by atoms with Crippen molar-refractivity contribution in [2.24, 2.45) is 0 Å². The first-order chi connectivity index (χ1) is 11.3. The van der Waals surface area contributed by atoms with E-state index < -0.39 is 0 Å². The predicted octanol–water partition coefficient (Wildman–Crippen LogP) is 1.50. The molecular formula is C18H24N2O3. The predicted molar refractivity (Wildman–Crippen MR) is 86.0 cm³/mol. The van der Waals surface area contributed by atoms with E-state index in [2.05, 4.69) is 34.5 Å². The van der Waals surface area contributed by atoms with Crippen LogP contribution in [0.2, 0.25) is 0 Å². The molecular weight excluding hydrogens is 292 g/mol. The quantitative estimate of drug-likeness (QED) is 0.918. The summed E-state index contributed by atoms with van der Waals surface area (Å²) in [5, 5.41) is 3.17. The number of hydrogen-bond acceptors (Lipinski definition) is 4. The highest BCUT2D eigenvalue weighted by atomic mass is 16.5. The van der Waals surface area contributed by atoms with Crippen LogP contribution in [0.15, 0.2) is 30.3 Å². The van der Waals surface area contributed by atoms with E-state index in [1.807, 2.05) is 6.07 Å². The number of fused-ring (bicyclic) bond motifs is 1. The molecule has 3 fully saturated rings. The molecule has 3 aliphatic heterocycles. The molecule has 0 aliphatic carbocycles. The van der Waals surface area contributed by atoms with Crippen molar-refractivity contribution in [3.05, 3.63) is 35.9 Å². The Morgan fingerprint density at radius 2 is 2.04 bits per heavy atom. The van der Waals surface area contributed by atoms with Crippen molar-refractivity contribution in [2.45, 2.75) is 43.6 Å². The normalized spacial score (nSPS) is 34.3. The number of morpholine rings is 1. The molecule has 124 valence electrons. The maximum atomic E-state index is 12.2. The van der Waals surface area contributed by atoms with Crippen LogP contribution in [-0.2, 0) is 14.3 Å². The minimum absolute atomic E-state index is 0.0628. The third kappa shape index (κ3) is 3.27. The lowest BCUT2D eigenvalue weighted by molar-refractivity contribution is -0.130. The SMILES string of the molecule is O=C(N[C@H]1C[C@H]2CO[C@@H](c3ccccc3)CN2C1)[C@H]1CCCO1. The van der Waals surface area contributed by atoms with Gasteiger partial charge in [-0.25, -0.2) is 0 Å². The molecule has 0 unspecified atom stereocenters. The highest BCUT2D eigenvalue weighted by Gasteiger charge is 2.39. The third-order valence-electron chi connectivity index (χ3n) is 5.16. The molecule has 0 spiro atoms. The van der Waals surface area contributed by atoms with Crippen LogP contribution < -0.4 is 5.32 Å². The number of nitrogens with zero attached hydrogens (tertiary/aromatic N) is 1. The number of nitrogens with one attached hydrogen (secondary N) is 1. The van der Waals surface area contributed by atoms with Gasteiger partial charge in [0.25, 0.3) is 0 Å². The number of hydrogen-bond donors (Lipinski definition) is 1. The van der Waals surface area contributed by atoms with Crippen molar-refractivity contribution in [3.63, 3.8) is 0 Å². The van der Waals surface area contributed by atoms with Gasteiger partial charge in [0.1, 0.15) is 6.10 Å². The highest BCUT2D eigenvalue weighted by molar-refractivity contribution is 5.81. The maximum Gasteiger partial charge on any atom is 0.249 e. The van der Waals surface area contributed by atoms with Gasteiger partial charge in [0.15, 0.2) is 0 Å². The zero-order chi connectivity index (χ0) is 15.6. The van der Waals surface area contributed by atoms with Crippen molar-refractivity contribution in [1.29, 1.82) is 0 Å². The molecule has 4 rings (SSSR count). The summed E-state index contributed by atoms with van der Waals surface area (Å²) in [6.45, 7) is 3.27. The molecule has 1 aromatic rings. The first-order valence-corrected chi connectivity index (χ1v) is 8.62. The zero-order valence-electron chi connectivity index (χ0n) is 13.3. The second kappa shape index (κ2) is 6.59. The van der Waals surface area contributed by atoms with E-state index in [0.29, 0.717) is 12.6 Å².